The summed E-state index contributed by atoms with van der Waals surface area (Å²) >= 11 is 0. The number of benzene rings is 1. The Kier molecular flexibility index (Phi) is 3.53. The topological polar surface area (TPSA) is 76.5 Å². The molecule has 1 amide bonds. The summed E-state index contributed by atoms with van der Waals surface area (Å²) in [5, 5.41) is 8.51. The zero-order chi connectivity index (χ0) is 18.4. The molecule has 5 rings (SSSR count). The van der Waals surface area contributed by atoms with E-state index >= 15 is 0 Å². The van der Waals surface area contributed by atoms with Gasteiger partial charge in [-0.15, -0.1) is 0 Å². The first-order valence-electron chi connectivity index (χ1n) is 8.83. The summed E-state index contributed by atoms with van der Waals surface area (Å²) in [4.78, 5) is 19.3. The van der Waals surface area contributed by atoms with Crippen LogP contribution in [0.3, 0.4) is 0 Å². The molecule has 0 aliphatic carbocycles. The number of hydrogen-bond acceptors (Lipinski definition) is 5. The van der Waals surface area contributed by atoms with E-state index in [1.165, 1.54) is 0 Å². The van der Waals surface area contributed by atoms with Gasteiger partial charge in [-0.05, 0) is 12.5 Å². The second-order valence-corrected chi connectivity index (χ2v) is 6.73. The van der Waals surface area contributed by atoms with E-state index in [0.29, 0.717) is 30.7 Å². The Bertz CT molecular complexity index is 1150. The Morgan fingerprint density at radius 3 is 2.89 bits per heavy atom. The number of aromatic nitrogens is 4. The molecule has 4 heterocycles. The van der Waals surface area contributed by atoms with Crippen molar-refractivity contribution in [3.63, 3.8) is 0 Å². The van der Waals surface area contributed by atoms with Crippen LogP contribution in [0.4, 0.5) is 0 Å². The Morgan fingerprint density at radius 1 is 1.19 bits per heavy atom. The normalized spacial score (nSPS) is 13.7. The third-order valence-electron chi connectivity index (χ3n) is 4.88. The summed E-state index contributed by atoms with van der Waals surface area (Å²) < 4.78 is 7.17. The summed E-state index contributed by atoms with van der Waals surface area (Å²) in [5.74, 6) is 0.777. The van der Waals surface area contributed by atoms with E-state index in [9.17, 15) is 4.79 Å². The lowest BCUT2D eigenvalue weighted by atomic mass is 10.0. The summed E-state index contributed by atoms with van der Waals surface area (Å²) in [6, 6.07) is 9.89. The first kappa shape index (κ1) is 15.7. The molecule has 0 fully saturated rings. The number of amides is 1. The van der Waals surface area contributed by atoms with Crippen molar-refractivity contribution in [2.45, 2.75) is 19.9 Å². The predicted molar refractivity (Wildman–Crippen MR) is 98.1 cm³/mol. The smallest absolute Gasteiger partial charge is 0.259 e. The molecule has 0 saturated heterocycles. The monoisotopic (exact) mass is 359 g/mol. The third-order valence-corrected chi connectivity index (χ3v) is 4.88. The van der Waals surface area contributed by atoms with Crippen molar-refractivity contribution < 1.29 is 9.32 Å². The molecule has 0 atom stereocenters. The lowest BCUT2D eigenvalue weighted by molar-refractivity contribution is 0.0731. The lowest BCUT2D eigenvalue weighted by Gasteiger charge is -2.26. The highest BCUT2D eigenvalue weighted by Crippen LogP contribution is 2.30. The van der Waals surface area contributed by atoms with E-state index in [4.69, 9.17) is 4.52 Å². The van der Waals surface area contributed by atoms with Gasteiger partial charge in [0.2, 0.25) is 0 Å². The minimum Gasteiger partial charge on any atom is -0.360 e. The van der Waals surface area contributed by atoms with E-state index in [0.717, 1.165) is 28.1 Å². The van der Waals surface area contributed by atoms with Crippen LogP contribution in [0.1, 0.15) is 27.2 Å². The van der Waals surface area contributed by atoms with Crippen molar-refractivity contribution in [1.82, 2.24) is 24.7 Å². The molecule has 7 nitrogen and oxygen atoms in total. The minimum absolute atomic E-state index is 0.0767. The SMILES string of the molecule is Cc1cnc2c(C(=O)N3CCc4onc(-c5ccccc5)c4C3)cnn2c1. The molecular weight excluding hydrogens is 342 g/mol. The molecule has 134 valence electrons. The summed E-state index contributed by atoms with van der Waals surface area (Å²) in [6.07, 6.45) is 5.84. The second-order valence-electron chi connectivity index (χ2n) is 6.73. The van der Waals surface area contributed by atoms with Gasteiger partial charge in [0.15, 0.2) is 5.65 Å². The van der Waals surface area contributed by atoms with E-state index in [-0.39, 0.29) is 5.91 Å². The van der Waals surface area contributed by atoms with E-state index in [2.05, 4.69) is 15.2 Å². The molecule has 0 spiro atoms. The number of carbonyl (C=O) groups is 1. The van der Waals surface area contributed by atoms with Crippen molar-refractivity contribution in [2.24, 2.45) is 0 Å². The van der Waals surface area contributed by atoms with Crippen LogP contribution in [0.25, 0.3) is 16.9 Å². The van der Waals surface area contributed by atoms with Gasteiger partial charge < -0.3 is 9.42 Å². The van der Waals surface area contributed by atoms with Gasteiger partial charge in [-0.2, -0.15) is 5.10 Å². The van der Waals surface area contributed by atoms with Crippen LogP contribution >= 0.6 is 0 Å². The van der Waals surface area contributed by atoms with Crippen molar-refractivity contribution in [3.8, 4) is 11.3 Å². The first-order chi connectivity index (χ1) is 13.2. The van der Waals surface area contributed by atoms with Crippen LogP contribution < -0.4 is 0 Å². The highest BCUT2D eigenvalue weighted by atomic mass is 16.5. The van der Waals surface area contributed by atoms with Gasteiger partial charge >= 0.3 is 0 Å². The number of nitrogens with zero attached hydrogens (tertiary/aromatic N) is 5. The number of rotatable bonds is 2. The fourth-order valence-corrected chi connectivity index (χ4v) is 3.49. The zero-order valence-electron chi connectivity index (χ0n) is 14.8. The van der Waals surface area contributed by atoms with Gasteiger partial charge in [0.25, 0.3) is 5.91 Å². The van der Waals surface area contributed by atoms with Crippen LogP contribution in [0.2, 0.25) is 0 Å². The van der Waals surface area contributed by atoms with E-state index in [1.807, 2.05) is 48.4 Å². The van der Waals surface area contributed by atoms with Gasteiger partial charge in [-0.1, -0.05) is 35.5 Å². The molecule has 1 aromatic carbocycles. The van der Waals surface area contributed by atoms with Gasteiger partial charge in [0, 0.05) is 36.5 Å². The fourth-order valence-electron chi connectivity index (χ4n) is 3.49. The number of aryl methyl sites for hydroxylation is 1. The molecular formula is C20H17N5O2. The van der Waals surface area contributed by atoms with Crippen molar-refractivity contribution in [3.05, 3.63) is 71.4 Å². The first-order valence-corrected chi connectivity index (χ1v) is 8.83. The third kappa shape index (κ3) is 2.59. The van der Waals surface area contributed by atoms with Crippen LogP contribution in [-0.4, -0.2) is 37.1 Å². The highest BCUT2D eigenvalue weighted by Gasteiger charge is 2.29. The van der Waals surface area contributed by atoms with Crippen molar-refractivity contribution >= 4 is 11.6 Å². The molecule has 3 aromatic heterocycles. The molecule has 1 aliphatic heterocycles. The van der Waals surface area contributed by atoms with Crippen LogP contribution in [-0.2, 0) is 13.0 Å². The fraction of sp³-hybridized carbons (Fsp3) is 0.200. The van der Waals surface area contributed by atoms with Gasteiger partial charge in [0.05, 0.1) is 12.7 Å². The van der Waals surface area contributed by atoms with E-state index in [1.54, 1.807) is 16.9 Å². The molecule has 0 N–H and O–H groups in total. The molecule has 4 aromatic rings. The van der Waals surface area contributed by atoms with E-state index < -0.39 is 0 Å². The average molecular weight is 359 g/mol. The second kappa shape index (κ2) is 6.05. The number of fused-ring (bicyclic) bond motifs is 2. The molecule has 0 unspecified atom stereocenters. The Morgan fingerprint density at radius 2 is 2.04 bits per heavy atom. The van der Waals surface area contributed by atoms with Gasteiger partial charge in [0.1, 0.15) is 17.0 Å². The number of carbonyl (C=O) groups excluding carboxylic acids is 1. The lowest BCUT2D eigenvalue weighted by Crippen LogP contribution is -2.35. The summed E-state index contributed by atoms with van der Waals surface area (Å²) in [7, 11) is 0. The zero-order valence-corrected chi connectivity index (χ0v) is 14.8. The van der Waals surface area contributed by atoms with Crippen molar-refractivity contribution in [1.29, 1.82) is 0 Å². The average Bonchev–Trinajstić information content (AvgIpc) is 3.31. The molecule has 27 heavy (non-hydrogen) atoms. The van der Waals surface area contributed by atoms with Gasteiger partial charge in [-0.3, -0.25) is 4.79 Å². The standard InChI is InChI=1S/C20H17N5O2/c1-13-9-21-19-15(10-22-25(19)11-13)20(26)24-8-7-17-16(12-24)18(23-27-17)14-5-3-2-4-6-14/h2-6,9-11H,7-8,12H2,1H3. The van der Waals surface area contributed by atoms with Crippen LogP contribution in [0.5, 0.6) is 0 Å². The van der Waals surface area contributed by atoms with Gasteiger partial charge in [-0.25, -0.2) is 9.50 Å². The maximum absolute atomic E-state index is 13.1. The molecule has 0 bridgehead atoms. The highest BCUT2D eigenvalue weighted by molar-refractivity contribution is 5.99. The maximum atomic E-state index is 13.1. The Hall–Kier alpha value is -3.48. The predicted octanol–water partition coefficient (Wildman–Crippen LogP) is 2.89. The summed E-state index contributed by atoms with van der Waals surface area (Å²) in [5.41, 5.74) is 4.84. The molecule has 1 aliphatic rings. The maximum Gasteiger partial charge on any atom is 0.259 e. The van der Waals surface area contributed by atoms with Crippen LogP contribution in [0, 0.1) is 6.92 Å². The molecule has 7 heteroatoms. The summed E-state index contributed by atoms with van der Waals surface area (Å²) in [6.45, 7) is 2.99. The molecule has 0 saturated carbocycles. The number of hydrogen-bond donors (Lipinski definition) is 0. The quantitative estimate of drug-likeness (QED) is 0.550. The Labute approximate surface area is 155 Å². The van der Waals surface area contributed by atoms with Crippen molar-refractivity contribution in [2.75, 3.05) is 6.54 Å². The largest absolute Gasteiger partial charge is 0.360 e. The van der Waals surface area contributed by atoms with Crippen LogP contribution in [0.15, 0.2) is 53.4 Å². The minimum atomic E-state index is -0.0767. The Balaban J connectivity index is 1.48. The molecule has 0 radical (unpaired) electrons.